The number of benzene rings is 1. The number of carbonyl (C=O) groups excluding carboxylic acids is 1. The summed E-state index contributed by atoms with van der Waals surface area (Å²) in [5.74, 6) is 1.26. The molecule has 1 amide bonds. The minimum Gasteiger partial charge on any atom is -0.350 e. The second-order valence-electron chi connectivity index (χ2n) is 6.80. The van der Waals surface area contributed by atoms with Crippen molar-refractivity contribution in [3.63, 3.8) is 0 Å². The first-order valence-corrected chi connectivity index (χ1v) is 8.90. The largest absolute Gasteiger partial charge is 0.350 e. The van der Waals surface area contributed by atoms with Gasteiger partial charge in [-0.05, 0) is 37.9 Å². The van der Waals surface area contributed by atoms with Gasteiger partial charge in [0.1, 0.15) is 11.9 Å². The predicted molar refractivity (Wildman–Crippen MR) is 92.5 cm³/mol. The van der Waals surface area contributed by atoms with Crippen LogP contribution in [0.25, 0.3) is 0 Å². The number of imidazole rings is 1. The fourth-order valence-corrected chi connectivity index (χ4v) is 3.93. The lowest BCUT2D eigenvalue weighted by molar-refractivity contribution is -0.127. The SMILES string of the molecule is O=C(NC1CCc2nccn2C1)C(c1ccccc1)N1CCCC1. The molecule has 0 saturated carbocycles. The van der Waals surface area contributed by atoms with Crippen molar-refractivity contribution in [3.05, 3.63) is 54.1 Å². The van der Waals surface area contributed by atoms with Crippen LogP contribution in [0.3, 0.4) is 0 Å². The van der Waals surface area contributed by atoms with E-state index in [-0.39, 0.29) is 18.0 Å². The van der Waals surface area contributed by atoms with Crippen molar-refractivity contribution in [1.82, 2.24) is 19.8 Å². The number of hydrogen-bond acceptors (Lipinski definition) is 3. The number of nitrogens with one attached hydrogen (secondary N) is 1. The highest BCUT2D eigenvalue weighted by Gasteiger charge is 2.31. The Balaban J connectivity index is 1.49. The standard InChI is InChI=1S/C19H24N4O/c24-19(21-16-8-9-17-20-10-13-23(17)14-16)18(22-11-4-5-12-22)15-6-2-1-3-7-15/h1-3,6-7,10,13,16,18H,4-5,8-9,11-12,14H2,(H,21,24). The third-order valence-corrected chi connectivity index (χ3v) is 5.15. The molecule has 4 rings (SSSR count). The maximum absolute atomic E-state index is 13.1. The molecule has 0 radical (unpaired) electrons. The molecule has 5 nitrogen and oxygen atoms in total. The Labute approximate surface area is 142 Å². The van der Waals surface area contributed by atoms with Crippen LogP contribution in [0.15, 0.2) is 42.7 Å². The molecular formula is C19H24N4O. The van der Waals surface area contributed by atoms with E-state index in [2.05, 4.69) is 31.9 Å². The van der Waals surface area contributed by atoms with Crippen molar-refractivity contribution in [2.75, 3.05) is 13.1 Å². The zero-order chi connectivity index (χ0) is 16.4. The molecule has 2 aliphatic rings. The molecule has 1 fully saturated rings. The zero-order valence-corrected chi connectivity index (χ0v) is 13.9. The summed E-state index contributed by atoms with van der Waals surface area (Å²) in [6, 6.07) is 10.2. The Morgan fingerprint density at radius 3 is 2.79 bits per heavy atom. The van der Waals surface area contributed by atoms with Crippen LogP contribution in [-0.4, -0.2) is 39.5 Å². The van der Waals surface area contributed by atoms with Crippen molar-refractivity contribution in [1.29, 1.82) is 0 Å². The van der Waals surface area contributed by atoms with Crippen LogP contribution >= 0.6 is 0 Å². The Hall–Kier alpha value is -2.14. The zero-order valence-electron chi connectivity index (χ0n) is 13.9. The van der Waals surface area contributed by atoms with Gasteiger partial charge in [0.2, 0.25) is 5.91 Å². The molecular weight excluding hydrogens is 300 g/mol. The molecule has 1 aromatic carbocycles. The summed E-state index contributed by atoms with van der Waals surface area (Å²) in [5, 5.41) is 3.30. The molecule has 24 heavy (non-hydrogen) atoms. The second-order valence-corrected chi connectivity index (χ2v) is 6.80. The molecule has 1 aromatic heterocycles. The molecule has 2 unspecified atom stereocenters. The number of fused-ring (bicyclic) bond motifs is 1. The number of nitrogens with zero attached hydrogens (tertiary/aromatic N) is 3. The summed E-state index contributed by atoms with van der Waals surface area (Å²) in [5.41, 5.74) is 1.09. The molecule has 2 aliphatic heterocycles. The van der Waals surface area contributed by atoms with E-state index >= 15 is 0 Å². The first-order chi connectivity index (χ1) is 11.8. The number of aryl methyl sites for hydroxylation is 1. The minimum atomic E-state index is -0.169. The molecule has 0 spiro atoms. The van der Waals surface area contributed by atoms with Crippen molar-refractivity contribution in [2.24, 2.45) is 0 Å². The lowest BCUT2D eigenvalue weighted by Gasteiger charge is -2.31. The first kappa shape index (κ1) is 15.4. The molecule has 2 aromatic rings. The monoisotopic (exact) mass is 324 g/mol. The van der Waals surface area contributed by atoms with Gasteiger partial charge in [-0.3, -0.25) is 9.69 Å². The van der Waals surface area contributed by atoms with E-state index in [0.717, 1.165) is 43.9 Å². The average Bonchev–Trinajstić information content (AvgIpc) is 3.27. The second kappa shape index (κ2) is 6.77. The highest BCUT2D eigenvalue weighted by atomic mass is 16.2. The molecule has 0 bridgehead atoms. The summed E-state index contributed by atoms with van der Waals surface area (Å²) in [7, 11) is 0. The van der Waals surface area contributed by atoms with Crippen LogP contribution in [0.1, 0.15) is 36.7 Å². The number of amides is 1. The molecule has 5 heteroatoms. The van der Waals surface area contributed by atoms with Gasteiger partial charge >= 0.3 is 0 Å². The van der Waals surface area contributed by atoms with Gasteiger partial charge in [-0.25, -0.2) is 4.98 Å². The van der Waals surface area contributed by atoms with E-state index in [1.54, 1.807) is 0 Å². The van der Waals surface area contributed by atoms with Crippen LogP contribution in [0.4, 0.5) is 0 Å². The molecule has 3 heterocycles. The highest BCUT2D eigenvalue weighted by molar-refractivity contribution is 5.83. The van der Waals surface area contributed by atoms with E-state index in [1.165, 1.54) is 12.8 Å². The summed E-state index contributed by atoms with van der Waals surface area (Å²) in [4.78, 5) is 19.7. The topological polar surface area (TPSA) is 50.2 Å². The number of rotatable bonds is 4. The Kier molecular flexibility index (Phi) is 4.34. The predicted octanol–water partition coefficient (Wildman–Crippen LogP) is 2.15. The minimum absolute atomic E-state index is 0.136. The summed E-state index contributed by atoms with van der Waals surface area (Å²) in [6.07, 6.45) is 8.10. The van der Waals surface area contributed by atoms with Crippen LogP contribution in [-0.2, 0) is 17.8 Å². The normalized spacial score (nSPS) is 22.1. The van der Waals surface area contributed by atoms with Gasteiger partial charge in [-0.15, -0.1) is 0 Å². The molecule has 126 valence electrons. The molecule has 1 N–H and O–H groups in total. The summed E-state index contributed by atoms with van der Waals surface area (Å²) >= 11 is 0. The lowest BCUT2D eigenvalue weighted by atomic mass is 10.0. The van der Waals surface area contributed by atoms with Crippen molar-refractivity contribution < 1.29 is 4.79 Å². The van der Waals surface area contributed by atoms with Crippen molar-refractivity contribution in [3.8, 4) is 0 Å². The fraction of sp³-hybridized carbons (Fsp3) is 0.474. The average molecular weight is 324 g/mol. The first-order valence-electron chi connectivity index (χ1n) is 8.90. The van der Waals surface area contributed by atoms with Gasteiger partial charge in [0.05, 0.1) is 0 Å². The van der Waals surface area contributed by atoms with E-state index in [0.29, 0.717) is 0 Å². The van der Waals surface area contributed by atoms with Crippen molar-refractivity contribution in [2.45, 2.75) is 44.3 Å². The van der Waals surface area contributed by atoms with Crippen LogP contribution in [0, 0.1) is 0 Å². The Morgan fingerprint density at radius 1 is 1.21 bits per heavy atom. The van der Waals surface area contributed by atoms with E-state index in [1.807, 2.05) is 30.6 Å². The number of aromatic nitrogens is 2. The van der Waals surface area contributed by atoms with E-state index < -0.39 is 0 Å². The van der Waals surface area contributed by atoms with Crippen LogP contribution < -0.4 is 5.32 Å². The Bertz CT molecular complexity index is 690. The Morgan fingerprint density at radius 2 is 2.00 bits per heavy atom. The van der Waals surface area contributed by atoms with Crippen LogP contribution in [0.2, 0.25) is 0 Å². The summed E-state index contributed by atoms with van der Waals surface area (Å²) < 4.78 is 2.15. The number of hydrogen-bond donors (Lipinski definition) is 1. The quantitative estimate of drug-likeness (QED) is 0.937. The van der Waals surface area contributed by atoms with E-state index in [9.17, 15) is 4.79 Å². The van der Waals surface area contributed by atoms with E-state index in [4.69, 9.17) is 0 Å². The van der Waals surface area contributed by atoms with Gasteiger partial charge in [0, 0.05) is 31.4 Å². The van der Waals surface area contributed by atoms with Gasteiger partial charge in [0.15, 0.2) is 0 Å². The van der Waals surface area contributed by atoms with Gasteiger partial charge in [0.25, 0.3) is 0 Å². The van der Waals surface area contributed by atoms with Crippen LogP contribution in [0.5, 0.6) is 0 Å². The highest BCUT2D eigenvalue weighted by Crippen LogP contribution is 2.26. The van der Waals surface area contributed by atoms with Gasteiger partial charge in [-0.1, -0.05) is 30.3 Å². The molecule has 1 saturated heterocycles. The lowest BCUT2D eigenvalue weighted by Crippen LogP contribution is -2.46. The molecule has 2 atom stereocenters. The maximum atomic E-state index is 13.1. The maximum Gasteiger partial charge on any atom is 0.242 e. The third kappa shape index (κ3) is 3.08. The fourth-order valence-electron chi connectivity index (χ4n) is 3.93. The molecule has 0 aliphatic carbocycles. The van der Waals surface area contributed by atoms with Crippen molar-refractivity contribution >= 4 is 5.91 Å². The number of carbonyl (C=O) groups is 1. The third-order valence-electron chi connectivity index (χ3n) is 5.15. The van der Waals surface area contributed by atoms with Gasteiger partial charge in [-0.2, -0.15) is 0 Å². The number of likely N-dealkylation sites (tertiary alicyclic amines) is 1. The summed E-state index contributed by atoms with van der Waals surface area (Å²) in [6.45, 7) is 2.83. The smallest absolute Gasteiger partial charge is 0.242 e. The van der Waals surface area contributed by atoms with Gasteiger partial charge < -0.3 is 9.88 Å².